The topological polar surface area (TPSA) is 207 Å². The van der Waals surface area contributed by atoms with Gasteiger partial charge in [0.1, 0.15) is 46.6 Å². The van der Waals surface area contributed by atoms with Crippen LogP contribution in [0.3, 0.4) is 0 Å². The van der Waals surface area contributed by atoms with Crippen molar-refractivity contribution < 1.29 is 57.2 Å². The predicted molar refractivity (Wildman–Crippen MR) is 234 cm³/mol. The van der Waals surface area contributed by atoms with Crippen molar-refractivity contribution >= 4 is 35.8 Å². The zero-order chi connectivity index (χ0) is 49.4. The second kappa shape index (κ2) is 32.2. The van der Waals surface area contributed by atoms with E-state index in [1.807, 2.05) is 68.2 Å². The van der Waals surface area contributed by atoms with E-state index in [1.54, 1.807) is 69.2 Å². The van der Waals surface area contributed by atoms with E-state index in [-0.39, 0.29) is 36.8 Å². The van der Waals surface area contributed by atoms with Crippen LogP contribution in [0.25, 0.3) is 10.4 Å². The molecule has 0 saturated heterocycles. The van der Waals surface area contributed by atoms with Gasteiger partial charge in [-0.25, -0.2) is 14.4 Å². The molecule has 0 bridgehead atoms. The Labute approximate surface area is 360 Å². The molecule has 0 aliphatic carbocycles. The minimum absolute atomic E-state index is 0.0528. The lowest BCUT2D eigenvalue weighted by molar-refractivity contribution is -0.155. The van der Waals surface area contributed by atoms with Gasteiger partial charge in [-0.3, -0.25) is 14.4 Å². The first kappa shape index (κ1) is 66.1. The molecule has 0 aliphatic heterocycles. The van der Waals surface area contributed by atoms with Crippen LogP contribution in [0.2, 0.25) is 0 Å². The standard InChI is InChI=1S/C9H14O2.C8H14O2.C8H12O2.C7H12O2.C7H10O2.C6H11N3O2/c1-5-6-7-8(10)11-9(2,3)4;1-6(2)7(9)10-8(3,4)5;1-5-6-7(9)10-8(2,3)4;2*1-5-6(8)9-7(2,3)4;1-6(2,3)11-5(10)4-8-9-7/h1H,6-7H2,2-4H3;1H2,2-5H3;1H,6H2,2-4H3;5H,1H2,2-4H3;1H,2-4H3;4H2,1-3H3. The highest BCUT2D eigenvalue weighted by Crippen LogP contribution is 2.11. The van der Waals surface area contributed by atoms with Crippen molar-refractivity contribution in [3.05, 3.63) is 35.2 Å². The zero-order valence-electron chi connectivity index (χ0n) is 39.8. The summed E-state index contributed by atoms with van der Waals surface area (Å²) >= 11 is 0. The highest BCUT2D eigenvalue weighted by Gasteiger charge is 2.18. The number of rotatable bonds is 7. The summed E-state index contributed by atoms with van der Waals surface area (Å²) in [7, 11) is 0. The maximum absolute atomic E-state index is 10.9. The summed E-state index contributed by atoms with van der Waals surface area (Å²) < 4.78 is 29.2. The van der Waals surface area contributed by atoms with Crippen molar-refractivity contribution in [2.24, 2.45) is 5.11 Å². The summed E-state index contributed by atoms with van der Waals surface area (Å²) in [5.41, 5.74) is 5.70. The molecular weight excluding hydrogens is 775 g/mol. The summed E-state index contributed by atoms with van der Waals surface area (Å²) in [6.07, 6.45) is 16.6. The number of carbonyl (C=O) groups excluding carboxylic acids is 6. The summed E-state index contributed by atoms with van der Waals surface area (Å²) in [5, 5.41) is 3.06. The molecule has 0 heterocycles. The third-order valence-corrected chi connectivity index (χ3v) is 4.08. The first-order chi connectivity index (χ1) is 26.6. The van der Waals surface area contributed by atoms with Crippen LogP contribution in [0.5, 0.6) is 0 Å². The Morgan fingerprint density at radius 3 is 1.20 bits per heavy atom. The van der Waals surface area contributed by atoms with Crippen molar-refractivity contribution in [1.29, 1.82) is 0 Å². The van der Waals surface area contributed by atoms with E-state index in [2.05, 4.69) is 35.0 Å². The van der Waals surface area contributed by atoms with E-state index >= 15 is 0 Å². The Morgan fingerprint density at radius 1 is 0.600 bits per heavy atom. The quantitative estimate of drug-likeness (QED) is 0.0344. The second-order valence-corrected chi connectivity index (χ2v) is 17.9. The van der Waals surface area contributed by atoms with Crippen LogP contribution in [-0.4, -0.2) is 76.0 Å². The number of hydrogen-bond donors (Lipinski definition) is 0. The van der Waals surface area contributed by atoms with Crippen LogP contribution in [0.1, 0.15) is 151 Å². The molecule has 0 N–H and O–H groups in total. The van der Waals surface area contributed by atoms with Crippen LogP contribution in [0.15, 0.2) is 29.9 Å². The van der Waals surface area contributed by atoms with Crippen molar-refractivity contribution in [2.75, 3.05) is 6.54 Å². The molecule has 0 saturated carbocycles. The zero-order valence-corrected chi connectivity index (χ0v) is 39.8. The lowest BCUT2D eigenvalue weighted by Gasteiger charge is -2.19. The Hall–Kier alpha value is -5.71. The van der Waals surface area contributed by atoms with Gasteiger partial charge in [-0.2, -0.15) is 0 Å². The molecule has 15 heteroatoms. The molecule has 0 fully saturated rings. The van der Waals surface area contributed by atoms with Gasteiger partial charge in [0.2, 0.25) is 0 Å². The number of ether oxygens (including phenoxy) is 6. The van der Waals surface area contributed by atoms with E-state index in [4.69, 9.17) is 53.2 Å². The number of azide groups is 1. The minimum Gasteiger partial charge on any atom is -0.460 e. The van der Waals surface area contributed by atoms with Gasteiger partial charge < -0.3 is 28.4 Å². The van der Waals surface area contributed by atoms with Crippen molar-refractivity contribution in [2.45, 2.75) is 184 Å². The van der Waals surface area contributed by atoms with E-state index in [9.17, 15) is 28.8 Å². The third kappa shape index (κ3) is 73.4. The molecule has 340 valence electrons. The van der Waals surface area contributed by atoms with E-state index in [0.29, 0.717) is 18.4 Å². The summed E-state index contributed by atoms with van der Waals surface area (Å²) in [6, 6.07) is 0. The molecule has 60 heavy (non-hydrogen) atoms. The number of esters is 6. The van der Waals surface area contributed by atoms with Gasteiger partial charge in [0, 0.05) is 28.9 Å². The number of hydrogen-bond acceptors (Lipinski definition) is 13. The smallest absolute Gasteiger partial charge is 0.384 e. The minimum atomic E-state index is -0.609. The van der Waals surface area contributed by atoms with Gasteiger partial charge in [0.05, 0.1) is 6.42 Å². The maximum Gasteiger partial charge on any atom is 0.384 e. The first-order valence-corrected chi connectivity index (χ1v) is 18.6. The largest absolute Gasteiger partial charge is 0.460 e. The highest BCUT2D eigenvalue weighted by atomic mass is 16.6. The normalized spacial score (nSPS) is 10.3. The van der Waals surface area contributed by atoms with Gasteiger partial charge >= 0.3 is 35.8 Å². The van der Waals surface area contributed by atoms with Crippen molar-refractivity contribution in [3.8, 4) is 37.0 Å². The van der Waals surface area contributed by atoms with E-state index < -0.39 is 45.5 Å². The third-order valence-electron chi connectivity index (χ3n) is 4.08. The average Bonchev–Trinajstić information content (AvgIpc) is 2.99. The van der Waals surface area contributed by atoms with Gasteiger partial charge in [-0.15, -0.1) is 25.2 Å². The fourth-order valence-corrected chi connectivity index (χ4v) is 2.51. The van der Waals surface area contributed by atoms with E-state index in [1.165, 1.54) is 0 Å². The number of terminal acetylenes is 3. The van der Waals surface area contributed by atoms with Crippen LogP contribution < -0.4 is 0 Å². The fraction of sp³-hybridized carbons (Fsp3) is 0.644. The Morgan fingerprint density at radius 2 is 0.967 bits per heavy atom. The molecule has 0 rings (SSSR count). The summed E-state index contributed by atoms with van der Waals surface area (Å²) in [6.45, 7) is 40.5. The number of carbonyl (C=O) groups is 6. The molecule has 0 atom stereocenters. The Kier molecular flexibility index (Phi) is 35.5. The monoisotopic (exact) mass is 848 g/mol. The Bertz CT molecular complexity index is 1540. The van der Waals surface area contributed by atoms with Crippen LogP contribution in [0.4, 0.5) is 0 Å². The lowest BCUT2D eigenvalue weighted by Crippen LogP contribution is -2.25. The van der Waals surface area contributed by atoms with Gasteiger partial charge in [-0.1, -0.05) is 24.2 Å². The predicted octanol–water partition coefficient (Wildman–Crippen LogP) is 9.11. The molecule has 0 aliphatic rings. The molecule has 0 aromatic heterocycles. The molecular formula is C45H73N3O12. The second-order valence-electron chi connectivity index (χ2n) is 17.9. The van der Waals surface area contributed by atoms with Crippen LogP contribution in [-0.2, 0) is 57.2 Å². The highest BCUT2D eigenvalue weighted by molar-refractivity contribution is 5.88. The first-order valence-electron chi connectivity index (χ1n) is 18.6. The molecule has 0 spiro atoms. The molecule has 0 radical (unpaired) electrons. The van der Waals surface area contributed by atoms with E-state index in [0.717, 1.165) is 6.08 Å². The van der Waals surface area contributed by atoms with Gasteiger partial charge in [-0.05, 0) is 137 Å². The molecule has 0 aromatic carbocycles. The van der Waals surface area contributed by atoms with Crippen LogP contribution in [0, 0.1) is 37.0 Å². The van der Waals surface area contributed by atoms with Crippen molar-refractivity contribution in [3.63, 3.8) is 0 Å². The maximum atomic E-state index is 10.9. The Balaban J connectivity index is -0.000000146. The summed E-state index contributed by atoms with van der Waals surface area (Å²) in [5.74, 6) is 4.08. The molecule has 15 nitrogen and oxygen atoms in total. The fourth-order valence-electron chi connectivity index (χ4n) is 2.51. The lowest BCUT2D eigenvalue weighted by atomic mass is 10.2. The SMILES string of the molecule is C#CC(=O)OC(C)(C)C.C#CCC(=O)OC(C)(C)C.C#CCCC(=O)OC(C)(C)C.C=C(C)C(=O)OC(C)(C)C.C=CC(=O)OC(C)(C)C.CC(C)(C)OC(=O)CN=[N+]=[N-]. The molecule has 0 unspecified atom stereocenters. The van der Waals surface area contributed by atoms with Gasteiger partial charge in [0.15, 0.2) is 0 Å². The van der Waals surface area contributed by atoms with Crippen molar-refractivity contribution in [1.82, 2.24) is 0 Å². The average molecular weight is 848 g/mol. The van der Waals surface area contributed by atoms with Crippen LogP contribution >= 0.6 is 0 Å². The molecule has 0 amide bonds. The summed E-state index contributed by atoms with van der Waals surface area (Å²) in [4.78, 5) is 66.4. The van der Waals surface area contributed by atoms with Gasteiger partial charge in [0.25, 0.3) is 0 Å². The molecule has 0 aromatic rings. The number of nitrogens with zero attached hydrogens (tertiary/aromatic N) is 3.